The third-order valence-electron chi connectivity index (χ3n) is 3.76. The number of nitrogens with zero attached hydrogens (tertiary/aromatic N) is 1. The Kier molecular flexibility index (Phi) is 5.83. The van der Waals surface area contributed by atoms with E-state index in [2.05, 4.69) is 4.98 Å². The highest BCUT2D eigenvalue weighted by molar-refractivity contribution is 7.09. The van der Waals surface area contributed by atoms with E-state index in [1.807, 2.05) is 12.3 Å². The number of aromatic nitrogens is 1. The minimum Gasteiger partial charge on any atom is -0.486 e. The van der Waals surface area contributed by atoms with E-state index >= 15 is 0 Å². The molecule has 0 radical (unpaired) electrons. The van der Waals surface area contributed by atoms with E-state index in [1.165, 1.54) is 0 Å². The molecule has 0 spiro atoms. The number of rotatable bonds is 7. The predicted octanol–water partition coefficient (Wildman–Crippen LogP) is 3.49. The first-order valence-corrected chi connectivity index (χ1v) is 9.09. The van der Waals surface area contributed by atoms with E-state index in [-0.39, 0.29) is 13.2 Å². The molecule has 6 nitrogen and oxygen atoms in total. The van der Waals surface area contributed by atoms with Crippen molar-refractivity contribution in [2.75, 3.05) is 0 Å². The lowest BCUT2D eigenvalue weighted by molar-refractivity contribution is 0.0467. The van der Waals surface area contributed by atoms with Crippen LogP contribution in [0.3, 0.4) is 0 Å². The fourth-order valence-corrected chi connectivity index (χ4v) is 2.98. The molecule has 0 saturated carbocycles. The zero-order valence-corrected chi connectivity index (χ0v) is 15.5. The Morgan fingerprint density at radius 1 is 1.07 bits per heavy atom. The second-order valence-corrected chi connectivity index (χ2v) is 6.84. The van der Waals surface area contributed by atoms with Crippen molar-refractivity contribution in [2.24, 2.45) is 5.73 Å². The van der Waals surface area contributed by atoms with Gasteiger partial charge in [-0.05, 0) is 36.8 Å². The summed E-state index contributed by atoms with van der Waals surface area (Å²) in [5, 5.41) is 2.88. The molecule has 2 N–H and O–H groups in total. The number of hydrogen-bond donors (Lipinski definition) is 1. The molecule has 1 aromatic heterocycles. The Labute approximate surface area is 160 Å². The number of thiazole rings is 1. The second kappa shape index (κ2) is 8.46. The van der Waals surface area contributed by atoms with Crippen molar-refractivity contribution in [3.63, 3.8) is 0 Å². The van der Waals surface area contributed by atoms with Crippen molar-refractivity contribution >= 4 is 23.2 Å². The number of aryl methyl sites for hydroxylation is 1. The van der Waals surface area contributed by atoms with Gasteiger partial charge in [-0.1, -0.05) is 24.3 Å². The summed E-state index contributed by atoms with van der Waals surface area (Å²) in [6.45, 7) is 2.29. The zero-order chi connectivity index (χ0) is 19.2. The topological polar surface area (TPSA) is 91.5 Å². The van der Waals surface area contributed by atoms with Crippen LogP contribution in [0.4, 0.5) is 0 Å². The zero-order valence-electron chi connectivity index (χ0n) is 14.7. The minimum absolute atomic E-state index is 0.0808. The first kappa shape index (κ1) is 18.6. The van der Waals surface area contributed by atoms with Gasteiger partial charge in [0.05, 0.1) is 10.7 Å². The Morgan fingerprint density at radius 2 is 1.81 bits per heavy atom. The highest BCUT2D eigenvalue weighted by Crippen LogP contribution is 2.21. The molecule has 1 amide bonds. The summed E-state index contributed by atoms with van der Waals surface area (Å²) in [4.78, 5) is 27.9. The molecule has 7 heteroatoms. The maximum absolute atomic E-state index is 12.4. The summed E-state index contributed by atoms with van der Waals surface area (Å²) in [6, 6.07) is 13.5. The molecule has 0 unspecified atom stereocenters. The van der Waals surface area contributed by atoms with Crippen LogP contribution in [0.25, 0.3) is 0 Å². The van der Waals surface area contributed by atoms with Gasteiger partial charge in [-0.2, -0.15) is 0 Å². The lowest BCUT2D eigenvalue weighted by Crippen LogP contribution is -2.11. The quantitative estimate of drug-likeness (QED) is 0.632. The maximum atomic E-state index is 12.4. The maximum Gasteiger partial charge on any atom is 0.342 e. The third-order valence-corrected chi connectivity index (χ3v) is 4.58. The van der Waals surface area contributed by atoms with Crippen LogP contribution in [-0.4, -0.2) is 16.9 Å². The summed E-state index contributed by atoms with van der Waals surface area (Å²) in [6.07, 6.45) is 0. The summed E-state index contributed by atoms with van der Waals surface area (Å²) >= 11 is 1.55. The number of benzene rings is 2. The van der Waals surface area contributed by atoms with Crippen LogP contribution in [0.15, 0.2) is 53.9 Å². The van der Waals surface area contributed by atoms with Gasteiger partial charge in [0.1, 0.15) is 24.5 Å². The number of nitrogens with two attached hydrogens (primary N) is 1. The van der Waals surface area contributed by atoms with Crippen LogP contribution >= 0.6 is 11.3 Å². The van der Waals surface area contributed by atoms with Gasteiger partial charge in [0.2, 0.25) is 5.91 Å². The van der Waals surface area contributed by atoms with Crippen molar-refractivity contribution in [3.05, 3.63) is 81.3 Å². The van der Waals surface area contributed by atoms with Crippen molar-refractivity contribution in [1.82, 2.24) is 4.98 Å². The monoisotopic (exact) mass is 382 g/mol. The smallest absolute Gasteiger partial charge is 0.342 e. The van der Waals surface area contributed by atoms with E-state index in [4.69, 9.17) is 15.2 Å². The van der Waals surface area contributed by atoms with Gasteiger partial charge in [0.25, 0.3) is 0 Å². The largest absolute Gasteiger partial charge is 0.486 e. The van der Waals surface area contributed by atoms with Crippen LogP contribution in [0.2, 0.25) is 0 Å². The molecule has 0 aliphatic rings. The van der Waals surface area contributed by atoms with Crippen LogP contribution in [0, 0.1) is 6.92 Å². The van der Waals surface area contributed by atoms with Gasteiger partial charge in [-0.3, -0.25) is 4.79 Å². The summed E-state index contributed by atoms with van der Waals surface area (Å²) in [5.74, 6) is -0.545. The lowest BCUT2D eigenvalue weighted by atomic mass is 10.1. The van der Waals surface area contributed by atoms with Gasteiger partial charge < -0.3 is 15.2 Å². The number of esters is 1. The fourth-order valence-electron chi connectivity index (χ4n) is 2.38. The molecule has 138 valence electrons. The number of hydrogen-bond acceptors (Lipinski definition) is 6. The minimum atomic E-state index is -0.500. The van der Waals surface area contributed by atoms with Gasteiger partial charge in [0, 0.05) is 10.9 Å². The van der Waals surface area contributed by atoms with Crippen LogP contribution < -0.4 is 10.5 Å². The molecule has 2 aromatic carbocycles. The summed E-state index contributed by atoms with van der Waals surface area (Å²) in [7, 11) is 0. The number of carbonyl (C=O) groups excluding carboxylic acids is 2. The molecular formula is C20H18N2O4S. The van der Waals surface area contributed by atoms with Crippen molar-refractivity contribution < 1.29 is 19.1 Å². The van der Waals surface area contributed by atoms with Crippen molar-refractivity contribution in [3.8, 4) is 5.75 Å². The molecule has 0 aliphatic heterocycles. The number of carbonyl (C=O) groups is 2. The molecule has 0 saturated heterocycles. The van der Waals surface area contributed by atoms with Crippen molar-refractivity contribution in [1.29, 1.82) is 0 Å². The van der Waals surface area contributed by atoms with E-state index in [0.29, 0.717) is 16.9 Å². The van der Waals surface area contributed by atoms with Crippen molar-refractivity contribution in [2.45, 2.75) is 20.1 Å². The fraction of sp³-hybridized carbons (Fsp3) is 0.150. The van der Waals surface area contributed by atoms with Gasteiger partial charge in [-0.15, -0.1) is 11.3 Å². The van der Waals surface area contributed by atoms with E-state index in [1.54, 1.807) is 59.9 Å². The SMILES string of the molecule is Cc1nc(COc2ccccc2C(=O)OCc2ccc(C(N)=O)cc2)cs1. The number of amides is 1. The lowest BCUT2D eigenvalue weighted by Gasteiger charge is -2.10. The molecule has 27 heavy (non-hydrogen) atoms. The van der Waals surface area contributed by atoms with Crippen LogP contribution in [-0.2, 0) is 18.0 Å². The Morgan fingerprint density at radius 3 is 2.48 bits per heavy atom. The first-order valence-electron chi connectivity index (χ1n) is 8.21. The Balaban J connectivity index is 1.63. The summed E-state index contributed by atoms with van der Waals surface area (Å²) in [5.41, 5.74) is 7.53. The van der Waals surface area contributed by atoms with Crippen LogP contribution in [0.5, 0.6) is 5.75 Å². The highest BCUT2D eigenvalue weighted by atomic mass is 32.1. The third kappa shape index (κ3) is 4.92. The van der Waals surface area contributed by atoms with Gasteiger partial charge in [0.15, 0.2) is 0 Å². The average Bonchev–Trinajstić information content (AvgIpc) is 3.10. The van der Waals surface area contributed by atoms with Crippen LogP contribution in [0.1, 0.15) is 37.0 Å². The van der Waals surface area contributed by atoms with Gasteiger partial charge in [-0.25, -0.2) is 9.78 Å². The second-order valence-electron chi connectivity index (χ2n) is 5.78. The van der Waals surface area contributed by atoms with Gasteiger partial charge >= 0.3 is 5.97 Å². The standard InChI is InChI=1S/C20H18N2O4S/c1-13-22-16(12-27-13)11-25-18-5-3-2-4-17(18)20(24)26-10-14-6-8-15(9-7-14)19(21)23/h2-9,12H,10-11H2,1H3,(H2,21,23). The average molecular weight is 382 g/mol. The normalized spacial score (nSPS) is 10.4. The van der Waals surface area contributed by atoms with E-state index < -0.39 is 11.9 Å². The molecular weight excluding hydrogens is 364 g/mol. The molecule has 0 aliphatic carbocycles. The molecule has 0 fully saturated rings. The highest BCUT2D eigenvalue weighted by Gasteiger charge is 2.14. The molecule has 0 bridgehead atoms. The number of primary amides is 1. The Hall–Kier alpha value is -3.19. The molecule has 3 aromatic rings. The van der Waals surface area contributed by atoms with E-state index in [0.717, 1.165) is 16.3 Å². The molecule has 3 rings (SSSR count). The van der Waals surface area contributed by atoms with E-state index in [9.17, 15) is 9.59 Å². The molecule has 1 heterocycles. The number of para-hydroxylation sites is 1. The molecule has 0 atom stereocenters. The number of ether oxygens (including phenoxy) is 2. The predicted molar refractivity (Wildman–Crippen MR) is 102 cm³/mol. The Bertz CT molecular complexity index is 951. The summed E-state index contributed by atoms with van der Waals surface area (Å²) < 4.78 is 11.1. The first-order chi connectivity index (χ1) is 13.0.